The van der Waals surface area contributed by atoms with Gasteiger partial charge in [0.15, 0.2) is 6.10 Å². The van der Waals surface area contributed by atoms with Gasteiger partial charge in [-0.25, -0.2) is 4.39 Å². The molecule has 2 N–H and O–H groups in total. The Balaban J connectivity index is 1.73. The number of esters is 1. The molecule has 2 aromatic carbocycles. The maximum atomic E-state index is 12.8. The summed E-state index contributed by atoms with van der Waals surface area (Å²) in [7, 11) is 0. The van der Waals surface area contributed by atoms with Crippen molar-refractivity contribution in [1.29, 1.82) is 0 Å². The molecule has 0 bridgehead atoms. The average Bonchev–Trinajstić information content (AvgIpc) is 2.62. The van der Waals surface area contributed by atoms with E-state index < -0.39 is 23.8 Å². The molecule has 0 aromatic heterocycles. The highest BCUT2D eigenvalue weighted by Crippen LogP contribution is 2.09. The van der Waals surface area contributed by atoms with E-state index in [-0.39, 0.29) is 18.9 Å². The van der Waals surface area contributed by atoms with E-state index in [0.717, 1.165) is 5.56 Å². The minimum absolute atomic E-state index is 0.148. The third-order valence-corrected chi connectivity index (χ3v) is 3.43. The summed E-state index contributed by atoms with van der Waals surface area (Å²) in [6.07, 6.45) is -0.909. The number of hydrogen-bond donors (Lipinski definition) is 2. The lowest BCUT2D eigenvalue weighted by Gasteiger charge is -2.14. The van der Waals surface area contributed by atoms with Gasteiger partial charge in [0.2, 0.25) is 5.91 Å². The summed E-state index contributed by atoms with van der Waals surface area (Å²) in [5.74, 6) is -2.03. The highest BCUT2D eigenvalue weighted by Gasteiger charge is 2.18. The first-order valence-electron chi connectivity index (χ1n) is 8.00. The second-order valence-corrected chi connectivity index (χ2v) is 5.57. The molecule has 26 heavy (non-hydrogen) atoms. The topological polar surface area (TPSA) is 84.5 Å². The van der Waals surface area contributed by atoms with E-state index >= 15 is 0 Å². The van der Waals surface area contributed by atoms with E-state index in [4.69, 9.17) is 4.74 Å². The van der Waals surface area contributed by atoms with Gasteiger partial charge in [0.1, 0.15) is 12.4 Å². The van der Waals surface area contributed by atoms with Crippen LogP contribution in [-0.2, 0) is 25.5 Å². The third-order valence-electron chi connectivity index (χ3n) is 3.43. The number of carbonyl (C=O) groups is 3. The number of benzene rings is 2. The molecule has 0 radical (unpaired) electrons. The van der Waals surface area contributed by atoms with Gasteiger partial charge in [-0.2, -0.15) is 0 Å². The van der Waals surface area contributed by atoms with Crippen LogP contribution >= 0.6 is 0 Å². The Morgan fingerprint density at radius 2 is 1.69 bits per heavy atom. The van der Waals surface area contributed by atoms with Crippen molar-refractivity contribution in [3.63, 3.8) is 0 Å². The molecule has 0 saturated carbocycles. The predicted molar refractivity (Wildman–Crippen MR) is 93.7 cm³/mol. The van der Waals surface area contributed by atoms with Gasteiger partial charge < -0.3 is 15.4 Å². The molecule has 7 heteroatoms. The van der Waals surface area contributed by atoms with Crippen LogP contribution in [0, 0.1) is 5.82 Å². The van der Waals surface area contributed by atoms with Crippen molar-refractivity contribution >= 4 is 23.5 Å². The van der Waals surface area contributed by atoms with Crippen LogP contribution in [0.3, 0.4) is 0 Å². The van der Waals surface area contributed by atoms with Crippen molar-refractivity contribution < 1.29 is 23.5 Å². The van der Waals surface area contributed by atoms with Crippen LogP contribution in [0.1, 0.15) is 12.5 Å². The molecule has 0 spiro atoms. The monoisotopic (exact) mass is 358 g/mol. The molecular weight excluding hydrogens is 339 g/mol. The summed E-state index contributed by atoms with van der Waals surface area (Å²) in [5, 5.41) is 4.95. The number of halogens is 1. The SMILES string of the molecule is C[C@@H](OC(=O)CNC(=O)Cc1ccccc1)C(=O)Nc1ccc(F)cc1. The number of rotatable bonds is 7. The maximum Gasteiger partial charge on any atom is 0.326 e. The quantitative estimate of drug-likeness (QED) is 0.742. The Kier molecular flexibility index (Phi) is 6.84. The number of anilines is 1. The van der Waals surface area contributed by atoms with Crippen molar-refractivity contribution in [2.45, 2.75) is 19.4 Å². The Hall–Kier alpha value is -3.22. The van der Waals surface area contributed by atoms with Gasteiger partial charge in [0.05, 0.1) is 6.42 Å². The lowest BCUT2D eigenvalue weighted by molar-refractivity contribution is -0.152. The largest absolute Gasteiger partial charge is 0.451 e. The van der Waals surface area contributed by atoms with E-state index in [1.165, 1.54) is 31.2 Å². The van der Waals surface area contributed by atoms with Crippen molar-refractivity contribution in [2.24, 2.45) is 0 Å². The number of ether oxygens (including phenoxy) is 1. The lowest BCUT2D eigenvalue weighted by Crippen LogP contribution is -2.36. The number of nitrogens with one attached hydrogen (secondary N) is 2. The Morgan fingerprint density at radius 3 is 2.35 bits per heavy atom. The lowest BCUT2D eigenvalue weighted by atomic mass is 10.1. The van der Waals surface area contributed by atoms with Gasteiger partial charge in [0.25, 0.3) is 5.91 Å². The summed E-state index contributed by atoms with van der Waals surface area (Å²) < 4.78 is 17.8. The van der Waals surface area contributed by atoms with Crippen LogP contribution in [0.2, 0.25) is 0 Å². The second-order valence-electron chi connectivity index (χ2n) is 5.57. The van der Waals surface area contributed by atoms with Gasteiger partial charge >= 0.3 is 5.97 Å². The highest BCUT2D eigenvalue weighted by atomic mass is 19.1. The molecule has 0 aliphatic heterocycles. The van der Waals surface area contributed by atoms with Crippen molar-refractivity contribution in [3.05, 3.63) is 66.0 Å². The van der Waals surface area contributed by atoms with E-state index in [9.17, 15) is 18.8 Å². The minimum Gasteiger partial charge on any atom is -0.451 e. The number of carbonyl (C=O) groups excluding carboxylic acids is 3. The molecule has 0 unspecified atom stereocenters. The van der Waals surface area contributed by atoms with E-state index in [0.29, 0.717) is 5.69 Å². The van der Waals surface area contributed by atoms with Gasteiger partial charge in [-0.15, -0.1) is 0 Å². The van der Waals surface area contributed by atoms with Crippen LogP contribution < -0.4 is 10.6 Å². The molecule has 0 heterocycles. The standard InChI is InChI=1S/C19H19FN2O4/c1-13(19(25)22-16-9-7-15(20)8-10-16)26-18(24)12-21-17(23)11-14-5-3-2-4-6-14/h2-10,13H,11-12H2,1H3,(H,21,23)(H,22,25)/t13-/m1/s1. The summed E-state index contributed by atoms with van der Waals surface area (Å²) in [6.45, 7) is 1.07. The molecule has 1 atom stereocenters. The zero-order valence-corrected chi connectivity index (χ0v) is 14.2. The van der Waals surface area contributed by atoms with Crippen LogP contribution in [-0.4, -0.2) is 30.4 Å². The molecule has 6 nitrogen and oxygen atoms in total. The van der Waals surface area contributed by atoms with Crippen LogP contribution in [0.15, 0.2) is 54.6 Å². The van der Waals surface area contributed by atoms with Crippen LogP contribution in [0.5, 0.6) is 0 Å². The first-order chi connectivity index (χ1) is 12.4. The highest BCUT2D eigenvalue weighted by molar-refractivity contribution is 5.95. The molecule has 0 aliphatic carbocycles. The molecule has 0 aliphatic rings. The zero-order chi connectivity index (χ0) is 18.9. The maximum absolute atomic E-state index is 12.8. The fourth-order valence-corrected chi connectivity index (χ4v) is 2.08. The molecule has 136 valence electrons. The van der Waals surface area contributed by atoms with Crippen LogP contribution in [0.25, 0.3) is 0 Å². The third kappa shape index (κ3) is 6.35. The Bertz CT molecular complexity index is 763. The van der Waals surface area contributed by atoms with E-state index in [1.54, 1.807) is 12.1 Å². The van der Waals surface area contributed by atoms with Gasteiger partial charge in [-0.1, -0.05) is 30.3 Å². The van der Waals surface area contributed by atoms with Gasteiger partial charge in [-0.05, 0) is 36.8 Å². The second kappa shape index (κ2) is 9.31. The van der Waals surface area contributed by atoms with Gasteiger partial charge in [-0.3, -0.25) is 14.4 Å². The molecule has 2 amide bonds. The molecule has 0 fully saturated rings. The Morgan fingerprint density at radius 1 is 1.04 bits per heavy atom. The number of hydrogen-bond acceptors (Lipinski definition) is 4. The van der Waals surface area contributed by atoms with Gasteiger partial charge in [0, 0.05) is 5.69 Å². The molecular formula is C19H19FN2O4. The fraction of sp³-hybridized carbons (Fsp3) is 0.211. The number of amides is 2. The van der Waals surface area contributed by atoms with E-state index in [1.807, 2.05) is 18.2 Å². The average molecular weight is 358 g/mol. The summed E-state index contributed by atoms with van der Waals surface area (Å²) in [5.41, 5.74) is 1.21. The minimum atomic E-state index is -1.06. The van der Waals surface area contributed by atoms with E-state index in [2.05, 4.69) is 10.6 Å². The molecule has 0 saturated heterocycles. The smallest absolute Gasteiger partial charge is 0.326 e. The Labute approximate surface area is 150 Å². The first kappa shape index (κ1) is 19.1. The molecule has 2 aromatic rings. The fourth-order valence-electron chi connectivity index (χ4n) is 2.08. The normalized spacial score (nSPS) is 11.3. The summed E-state index contributed by atoms with van der Waals surface area (Å²) in [4.78, 5) is 35.5. The first-order valence-corrected chi connectivity index (χ1v) is 8.00. The van der Waals surface area contributed by atoms with Crippen molar-refractivity contribution in [2.75, 3.05) is 11.9 Å². The summed E-state index contributed by atoms with van der Waals surface area (Å²) in [6, 6.07) is 14.3. The summed E-state index contributed by atoms with van der Waals surface area (Å²) >= 11 is 0. The zero-order valence-electron chi connectivity index (χ0n) is 14.2. The van der Waals surface area contributed by atoms with Crippen molar-refractivity contribution in [1.82, 2.24) is 5.32 Å². The molecule has 2 rings (SSSR count). The van der Waals surface area contributed by atoms with Crippen molar-refractivity contribution in [3.8, 4) is 0 Å². The predicted octanol–water partition coefficient (Wildman–Crippen LogP) is 2.05. The van der Waals surface area contributed by atoms with Crippen LogP contribution in [0.4, 0.5) is 10.1 Å².